The summed E-state index contributed by atoms with van der Waals surface area (Å²) in [5, 5.41) is 14.1. The Bertz CT molecular complexity index is 973. The fraction of sp³-hybridized carbons (Fsp3) is 0.150. The predicted octanol–water partition coefficient (Wildman–Crippen LogP) is 3.44. The summed E-state index contributed by atoms with van der Waals surface area (Å²) in [7, 11) is 0. The highest BCUT2D eigenvalue weighted by molar-refractivity contribution is 5.91. The van der Waals surface area contributed by atoms with Crippen molar-refractivity contribution in [1.82, 2.24) is 10.2 Å². The van der Waals surface area contributed by atoms with Gasteiger partial charge in [-0.05, 0) is 42.3 Å². The van der Waals surface area contributed by atoms with Crippen LogP contribution in [0.5, 0.6) is 11.5 Å². The highest BCUT2D eigenvalue weighted by Gasteiger charge is 2.13. The molecule has 2 N–H and O–H groups in total. The molecule has 7 heteroatoms. The quantitative estimate of drug-likeness (QED) is 0.723. The maximum absolute atomic E-state index is 12.2. The summed E-state index contributed by atoms with van der Waals surface area (Å²) in [5.74, 6) is 2.25. The number of benzene rings is 2. The summed E-state index contributed by atoms with van der Waals surface area (Å²) in [6, 6.07) is 16.8. The Morgan fingerprint density at radius 1 is 1.00 bits per heavy atom. The van der Waals surface area contributed by atoms with Crippen molar-refractivity contribution >= 4 is 23.2 Å². The van der Waals surface area contributed by atoms with Gasteiger partial charge >= 0.3 is 0 Å². The molecule has 27 heavy (non-hydrogen) atoms. The number of rotatable bonds is 5. The van der Waals surface area contributed by atoms with Crippen molar-refractivity contribution in [3.63, 3.8) is 0 Å². The van der Waals surface area contributed by atoms with Crippen LogP contribution in [0.2, 0.25) is 0 Å². The molecule has 7 nitrogen and oxygen atoms in total. The number of aryl methyl sites for hydroxylation is 1. The van der Waals surface area contributed by atoms with E-state index in [-0.39, 0.29) is 12.7 Å². The Hall–Kier alpha value is -3.61. The first-order valence-corrected chi connectivity index (χ1v) is 8.52. The maximum atomic E-state index is 12.2. The van der Waals surface area contributed by atoms with Crippen molar-refractivity contribution in [2.75, 3.05) is 17.4 Å². The minimum atomic E-state index is -0.130. The lowest BCUT2D eigenvalue weighted by Gasteiger charge is -2.08. The third-order valence-corrected chi connectivity index (χ3v) is 4.19. The minimum absolute atomic E-state index is 0.130. The molecule has 136 valence electrons. The molecule has 0 saturated heterocycles. The number of nitrogens with one attached hydrogen (secondary N) is 2. The van der Waals surface area contributed by atoms with E-state index < -0.39 is 0 Å². The van der Waals surface area contributed by atoms with Crippen LogP contribution >= 0.6 is 0 Å². The summed E-state index contributed by atoms with van der Waals surface area (Å²) in [6.07, 6.45) is 0.297. The van der Waals surface area contributed by atoms with Crippen LogP contribution in [0.15, 0.2) is 54.6 Å². The highest BCUT2D eigenvalue weighted by Crippen LogP contribution is 2.34. The van der Waals surface area contributed by atoms with E-state index in [1.54, 1.807) is 12.1 Å². The first-order chi connectivity index (χ1) is 13.2. The molecule has 0 bridgehead atoms. The SMILES string of the molecule is Cc1ccccc1CC(=O)Nc1ccc(Nc2ccc3c(c2)OCO3)nn1. The number of hydrogen-bond donors (Lipinski definition) is 2. The number of fused-ring (bicyclic) bond motifs is 1. The van der Waals surface area contributed by atoms with E-state index in [1.807, 2.05) is 49.4 Å². The molecule has 1 aliphatic rings. The lowest BCUT2D eigenvalue weighted by atomic mass is 10.1. The molecule has 0 fully saturated rings. The van der Waals surface area contributed by atoms with Crippen LogP contribution in [-0.2, 0) is 11.2 Å². The second-order valence-electron chi connectivity index (χ2n) is 6.15. The Morgan fingerprint density at radius 2 is 1.78 bits per heavy atom. The third-order valence-electron chi connectivity index (χ3n) is 4.19. The van der Waals surface area contributed by atoms with E-state index in [9.17, 15) is 4.79 Å². The van der Waals surface area contributed by atoms with Crippen LogP contribution in [0.1, 0.15) is 11.1 Å². The Morgan fingerprint density at radius 3 is 2.59 bits per heavy atom. The summed E-state index contributed by atoms with van der Waals surface area (Å²) in [5.41, 5.74) is 2.89. The molecule has 0 saturated carbocycles. The normalized spacial score (nSPS) is 11.9. The monoisotopic (exact) mass is 362 g/mol. The van der Waals surface area contributed by atoms with Gasteiger partial charge in [0.2, 0.25) is 12.7 Å². The van der Waals surface area contributed by atoms with Crippen molar-refractivity contribution in [2.24, 2.45) is 0 Å². The number of aromatic nitrogens is 2. The number of carbonyl (C=O) groups is 1. The molecule has 0 unspecified atom stereocenters. The summed E-state index contributed by atoms with van der Waals surface area (Å²) in [4.78, 5) is 12.2. The van der Waals surface area contributed by atoms with Crippen molar-refractivity contribution in [2.45, 2.75) is 13.3 Å². The van der Waals surface area contributed by atoms with E-state index >= 15 is 0 Å². The van der Waals surface area contributed by atoms with Gasteiger partial charge in [0.15, 0.2) is 23.1 Å². The maximum Gasteiger partial charge on any atom is 0.231 e. The van der Waals surface area contributed by atoms with Gasteiger partial charge in [-0.2, -0.15) is 0 Å². The molecule has 2 aromatic carbocycles. The van der Waals surface area contributed by atoms with Crippen molar-refractivity contribution < 1.29 is 14.3 Å². The first-order valence-electron chi connectivity index (χ1n) is 8.52. The van der Waals surface area contributed by atoms with Crippen LogP contribution in [0.4, 0.5) is 17.3 Å². The molecule has 0 spiro atoms. The number of carbonyl (C=O) groups excluding carboxylic acids is 1. The van der Waals surface area contributed by atoms with Crippen molar-refractivity contribution in [3.8, 4) is 11.5 Å². The summed E-state index contributed by atoms with van der Waals surface area (Å²) >= 11 is 0. The summed E-state index contributed by atoms with van der Waals surface area (Å²) < 4.78 is 10.6. The summed E-state index contributed by atoms with van der Waals surface area (Å²) in [6.45, 7) is 2.22. The molecule has 2 heterocycles. The van der Waals surface area contributed by atoms with Crippen LogP contribution in [0, 0.1) is 6.92 Å². The molecule has 0 aliphatic carbocycles. The number of hydrogen-bond acceptors (Lipinski definition) is 6. The largest absolute Gasteiger partial charge is 0.454 e. The molecule has 1 amide bonds. The zero-order valence-electron chi connectivity index (χ0n) is 14.7. The van der Waals surface area contributed by atoms with Crippen LogP contribution < -0.4 is 20.1 Å². The number of ether oxygens (including phenoxy) is 2. The van der Waals surface area contributed by atoms with Gasteiger partial charge in [0.05, 0.1) is 6.42 Å². The number of nitrogens with zero attached hydrogens (tertiary/aromatic N) is 2. The van der Waals surface area contributed by atoms with Gasteiger partial charge < -0.3 is 20.1 Å². The average molecular weight is 362 g/mol. The molecule has 1 aliphatic heterocycles. The number of amides is 1. The topological polar surface area (TPSA) is 85.4 Å². The molecule has 0 radical (unpaired) electrons. The van der Waals surface area contributed by atoms with Gasteiger partial charge in [-0.1, -0.05) is 24.3 Å². The predicted molar refractivity (Wildman–Crippen MR) is 101 cm³/mol. The molecular weight excluding hydrogens is 344 g/mol. The van der Waals surface area contributed by atoms with Crippen molar-refractivity contribution in [1.29, 1.82) is 0 Å². The van der Waals surface area contributed by atoms with E-state index in [0.29, 0.717) is 23.8 Å². The average Bonchev–Trinajstić information content (AvgIpc) is 3.13. The van der Waals surface area contributed by atoms with Gasteiger partial charge in [-0.3, -0.25) is 4.79 Å². The van der Waals surface area contributed by atoms with E-state index in [2.05, 4.69) is 20.8 Å². The third kappa shape index (κ3) is 3.98. The fourth-order valence-corrected chi connectivity index (χ4v) is 2.76. The Kier molecular flexibility index (Phi) is 4.57. The Labute approximate surface area is 156 Å². The molecule has 3 aromatic rings. The lowest BCUT2D eigenvalue weighted by Crippen LogP contribution is -2.16. The van der Waals surface area contributed by atoms with Gasteiger partial charge in [-0.25, -0.2) is 0 Å². The van der Waals surface area contributed by atoms with Gasteiger partial charge in [0.1, 0.15) is 0 Å². The highest BCUT2D eigenvalue weighted by atomic mass is 16.7. The lowest BCUT2D eigenvalue weighted by molar-refractivity contribution is -0.115. The van der Waals surface area contributed by atoms with E-state index in [0.717, 1.165) is 22.6 Å². The zero-order valence-corrected chi connectivity index (χ0v) is 14.7. The fourth-order valence-electron chi connectivity index (χ4n) is 2.76. The molecule has 4 rings (SSSR count). The van der Waals surface area contributed by atoms with Gasteiger partial charge in [0.25, 0.3) is 0 Å². The number of anilines is 3. The van der Waals surface area contributed by atoms with Gasteiger partial charge in [0, 0.05) is 11.8 Å². The second kappa shape index (κ2) is 7.33. The van der Waals surface area contributed by atoms with Crippen LogP contribution in [-0.4, -0.2) is 22.9 Å². The van der Waals surface area contributed by atoms with Crippen molar-refractivity contribution in [3.05, 3.63) is 65.7 Å². The van der Waals surface area contributed by atoms with E-state index in [4.69, 9.17) is 9.47 Å². The second-order valence-corrected chi connectivity index (χ2v) is 6.15. The minimum Gasteiger partial charge on any atom is -0.454 e. The zero-order chi connectivity index (χ0) is 18.6. The molecular formula is C20H18N4O3. The van der Waals surface area contributed by atoms with E-state index in [1.165, 1.54) is 0 Å². The van der Waals surface area contributed by atoms with Crippen LogP contribution in [0.25, 0.3) is 0 Å². The van der Waals surface area contributed by atoms with Crippen LogP contribution in [0.3, 0.4) is 0 Å². The standard InChI is InChI=1S/C20H18N4O3/c1-13-4-2-3-5-14(13)10-20(25)22-19-9-8-18(23-24-19)21-15-6-7-16-17(11-15)27-12-26-16/h2-9,11H,10,12H2,1H3,(H,21,23)(H,22,24,25). The molecule has 1 aromatic heterocycles. The smallest absolute Gasteiger partial charge is 0.231 e. The molecule has 0 atom stereocenters. The van der Waals surface area contributed by atoms with Gasteiger partial charge in [-0.15, -0.1) is 10.2 Å². The first kappa shape index (κ1) is 16.8. The Balaban J connectivity index is 1.37.